The highest BCUT2D eigenvalue weighted by Crippen LogP contribution is 2.32. The van der Waals surface area contributed by atoms with Crippen LogP contribution in [0, 0.1) is 11.3 Å². The molecule has 0 saturated heterocycles. The molecule has 1 aliphatic rings. The highest BCUT2D eigenvalue weighted by atomic mass is 35.5. The topological polar surface area (TPSA) is 56.1 Å². The summed E-state index contributed by atoms with van der Waals surface area (Å²) in [5.41, 5.74) is 2.19. The van der Waals surface area contributed by atoms with Crippen molar-refractivity contribution in [3.63, 3.8) is 0 Å². The SMILES string of the molecule is C[C@@H]1c2ccsc2CCN1CC(=O)Nc1cc(Cl)ccc1C#N. The van der Waals surface area contributed by atoms with E-state index < -0.39 is 0 Å². The van der Waals surface area contributed by atoms with Crippen LogP contribution in [0.15, 0.2) is 29.6 Å². The molecule has 3 rings (SSSR count). The number of rotatable bonds is 3. The first-order valence-electron chi connectivity index (χ1n) is 7.38. The molecule has 0 radical (unpaired) electrons. The average Bonchev–Trinajstić information content (AvgIpc) is 3.00. The molecule has 2 heterocycles. The second-order valence-corrected chi connectivity index (χ2v) is 6.98. The second-order valence-electron chi connectivity index (χ2n) is 5.55. The lowest BCUT2D eigenvalue weighted by atomic mass is 10.0. The van der Waals surface area contributed by atoms with Crippen molar-refractivity contribution in [2.45, 2.75) is 19.4 Å². The van der Waals surface area contributed by atoms with Gasteiger partial charge in [-0.1, -0.05) is 11.6 Å². The van der Waals surface area contributed by atoms with Gasteiger partial charge in [0.25, 0.3) is 0 Å². The van der Waals surface area contributed by atoms with Crippen LogP contribution in [-0.4, -0.2) is 23.9 Å². The maximum atomic E-state index is 12.4. The summed E-state index contributed by atoms with van der Waals surface area (Å²) in [4.78, 5) is 15.9. The molecular weight excluding hydrogens is 330 g/mol. The van der Waals surface area contributed by atoms with Crippen LogP contribution in [0.5, 0.6) is 0 Å². The number of fused-ring (bicyclic) bond motifs is 1. The monoisotopic (exact) mass is 345 g/mol. The summed E-state index contributed by atoms with van der Waals surface area (Å²) in [6.07, 6.45) is 0.977. The summed E-state index contributed by atoms with van der Waals surface area (Å²) >= 11 is 7.73. The predicted molar refractivity (Wildman–Crippen MR) is 92.8 cm³/mol. The number of thiophene rings is 1. The van der Waals surface area contributed by atoms with Crippen LogP contribution in [0.2, 0.25) is 5.02 Å². The van der Waals surface area contributed by atoms with Crippen molar-refractivity contribution in [3.05, 3.63) is 50.7 Å². The minimum absolute atomic E-state index is 0.130. The van der Waals surface area contributed by atoms with Crippen LogP contribution in [0.1, 0.15) is 29.0 Å². The number of anilines is 1. The maximum absolute atomic E-state index is 12.4. The molecule has 0 spiro atoms. The van der Waals surface area contributed by atoms with Crippen LogP contribution < -0.4 is 5.32 Å². The summed E-state index contributed by atoms with van der Waals surface area (Å²) in [5, 5.41) is 14.5. The Morgan fingerprint density at radius 3 is 3.13 bits per heavy atom. The molecule has 0 aliphatic carbocycles. The Balaban J connectivity index is 1.69. The first-order chi connectivity index (χ1) is 11.1. The molecule has 1 atom stereocenters. The molecule has 4 nitrogen and oxygen atoms in total. The molecule has 0 bridgehead atoms. The lowest BCUT2D eigenvalue weighted by Crippen LogP contribution is -2.39. The number of nitriles is 1. The molecule has 0 fully saturated rings. The number of amides is 1. The van der Waals surface area contributed by atoms with Gasteiger partial charge >= 0.3 is 0 Å². The van der Waals surface area contributed by atoms with Crippen molar-refractivity contribution in [2.75, 3.05) is 18.4 Å². The van der Waals surface area contributed by atoms with Crippen molar-refractivity contribution in [1.29, 1.82) is 5.26 Å². The third-order valence-electron chi connectivity index (χ3n) is 4.13. The third-order valence-corrected chi connectivity index (χ3v) is 5.36. The van der Waals surface area contributed by atoms with E-state index in [0.717, 1.165) is 13.0 Å². The lowest BCUT2D eigenvalue weighted by molar-refractivity contribution is -0.117. The molecule has 0 saturated carbocycles. The number of hydrogen-bond acceptors (Lipinski definition) is 4. The van der Waals surface area contributed by atoms with Gasteiger partial charge in [-0.2, -0.15) is 5.26 Å². The number of carbonyl (C=O) groups is 1. The van der Waals surface area contributed by atoms with Crippen molar-refractivity contribution < 1.29 is 4.79 Å². The number of halogens is 1. The minimum atomic E-state index is -0.130. The van der Waals surface area contributed by atoms with Crippen LogP contribution in [0.3, 0.4) is 0 Å². The zero-order valence-electron chi connectivity index (χ0n) is 12.7. The molecule has 1 amide bonds. The standard InChI is InChI=1S/C17H16ClN3OS/c1-11-14-5-7-23-16(14)4-6-21(11)10-17(22)20-15-8-13(18)3-2-12(15)9-19/h2-3,5,7-8,11H,4,6,10H2,1H3,(H,20,22)/t11-/m1/s1. The van der Waals surface area contributed by atoms with Crippen LogP contribution >= 0.6 is 22.9 Å². The van der Waals surface area contributed by atoms with Gasteiger partial charge in [0.15, 0.2) is 0 Å². The van der Waals surface area contributed by atoms with Gasteiger partial charge < -0.3 is 5.32 Å². The maximum Gasteiger partial charge on any atom is 0.238 e. The highest BCUT2D eigenvalue weighted by Gasteiger charge is 2.26. The van der Waals surface area contributed by atoms with E-state index in [4.69, 9.17) is 16.9 Å². The van der Waals surface area contributed by atoms with Crippen molar-refractivity contribution >= 4 is 34.5 Å². The summed E-state index contributed by atoms with van der Waals surface area (Å²) in [6.45, 7) is 3.29. The molecule has 2 aromatic rings. The van der Waals surface area contributed by atoms with Gasteiger partial charge in [0.1, 0.15) is 6.07 Å². The Kier molecular flexibility index (Phi) is 4.67. The van der Waals surface area contributed by atoms with E-state index >= 15 is 0 Å². The number of nitrogens with zero attached hydrogens (tertiary/aromatic N) is 2. The second kappa shape index (κ2) is 6.71. The number of carbonyl (C=O) groups excluding carboxylic acids is 1. The quantitative estimate of drug-likeness (QED) is 0.919. The summed E-state index contributed by atoms with van der Waals surface area (Å²) in [7, 11) is 0. The van der Waals surface area contributed by atoms with Gasteiger partial charge in [-0.15, -0.1) is 11.3 Å². The molecule has 1 aliphatic heterocycles. The first-order valence-corrected chi connectivity index (χ1v) is 8.64. The highest BCUT2D eigenvalue weighted by molar-refractivity contribution is 7.10. The smallest absolute Gasteiger partial charge is 0.238 e. The molecule has 1 aromatic heterocycles. The zero-order chi connectivity index (χ0) is 16.4. The largest absolute Gasteiger partial charge is 0.324 e. The van der Waals surface area contributed by atoms with Crippen LogP contribution in [0.4, 0.5) is 5.69 Å². The molecule has 118 valence electrons. The fraction of sp³-hybridized carbons (Fsp3) is 0.294. The van der Waals surface area contributed by atoms with Gasteiger partial charge in [0, 0.05) is 22.5 Å². The summed E-state index contributed by atoms with van der Waals surface area (Å²) < 4.78 is 0. The van der Waals surface area contributed by atoms with Gasteiger partial charge in [0.2, 0.25) is 5.91 Å². The van der Waals surface area contributed by atoms with Crippen LogP contribution in [0.25, 0.3) is 0 Å². The Hall–Kier alpha value is -1.87. The van der Waals surface area contributed by atoms with E-state index in [1.807, 2.05) is 0 Å². The Morgan fingerprint density at radius 2 is 2.35 bits per heavy atom. The Morgan fingerprint density at radius 1 is 1.52 bits per heavy atom. The van der Waals surface area contributed by atoms with Gasteiger partial charge in [-0.05, 0) is 48.6 Å². The molecule has 1 aromatic carbocycles. The van der Waals surface area contributed by atoms with E-state index in [1.54, 1.807) is 29.5 Å². The molecule has 23 heavy (non-hydrogen) atoms. The fourth-order valence-corrected chi connectivity index (χ4v) is 4.00. The number of benzene rings is 1. The van der Waals surface area contributed by atoms with Gasteiger partial charge in [-0.25, -0.2) is 0 Å². The minimum Gasteiger partial charge on any atom is -0.324 e. The number of hydrogen-bond donors (Lipinski definition) is 1. The van der Waals surface area contributed by atoms with Crippen molar-refractivity contribution in [3.8, 4) is 6.07 Å². The summed E-state index contributed by atoms with van der Waals surface area (Å²) in [6, 6.07) is 9.29. The van der Waals surface area contributed by atoms with Crippen LogP contribution in [-0.2, 0) is 11.2 Å². The van der Waals surface area contributed by atoms with E-state index in [0.29, 0.717) is 22.8 Å². The van der Waals surface area contributed by atoms with Crippen molar-refractivity contribution in [2.24, 2.45) is 0 Å². The van der Waals surface area contributed by atoms with Crippen molar-refractivity contribution in [1.82, 2.24) is 4.90 Å². The molecule has 1 N–H and O–H groups in total. The number of nitrogens with one attached hydrogen (secondary N) is 1. The molecule has 0 unspecified atom stereocenters. The first kappa shape index (κ1) is 16.0. The molecular formula is C17H16ClN3OS. The molecule has 6 heteroatoms. The predicted octanol–water partition coefficient (Wildman–Crippen LogP) is 3.83. The summed E-state index contributed by atoms with van der Waals surface area (Å²) in [5.74, 6) is -0.130. The van der Waals surface area contributed by atoms with E-state index in [9.17, 15) is 4.79 Å². The van der Waals surface area contributed by atoms with Gasteiger partial charge in [-0.3, -0.25) is 9.69 Å². The Bertz CT molecular complexity index is 780. The van der Waals surface area contributed by atoms with E-state index in [-0.39, 0.29) is 11.9 Å². The van der Waals surface area contributed by atoms with Gasteiger partial charge in [0.05, 0.1) is 17.8 Å². The van der Waals surface area contributed by atoms with E-state index in [1.165, 1.54) is 10.4 Å². The van der Waals surface area contributed by atoms with E-state index in [2.05, 4.69) is 34.7 Å². The Labute approximate surface area is 144 Å². The normalized spacial score (nSPS) is 17.3. The lowest BCUT2D eigenvalue weighted by Gasteiger charge is -2.32. The zero-order valence-corrected chi connectivity index (χ0v) is 14.2. The average molecular weight is 346 g/mol. The third kappa shape index (κ3) is 3.40. The fourth-order valence-electron chi connectivity index (χ4n) is 2.87.